The highest BCUT2D eigenvalue weighted by Gasteiger charge is 2.27. The minimum absolute atomic E-state index is 0.0881. The molecule has 0 fully saturated rings. The van der Waals surface area contributed by atoms with Gasteiger partial charge in [0, 0.05) is 16.9 Å². The van der Waals surface area contributed by atoms with Crippen LogP contribution in [0.4, 0.5) is 0 Å². The lowest BCUT2D eigenvalue weighted by Crippen LogP contribution is -2.24. The molecule has 1 aliphatic rings. The van der Waals surface area contributed by atoms with Gasteiger partial charge in [0.05, 0.1) is 16.3 Å². The van der Waals surface area contributed by atoms with Crippen LogP contribution in [0, 0.1) is 13.8 Å². The molecule has 0 saturated heterocycles. The minimum atomic E-state index is 0.0881. The Morgan fingerprint density at radius 1 is 1.33 bits per heavy atom. The molecule has 0 amide bonds. The van der Waals surface area contributed by atoms with Crippen LogP contribution in [0.3, 0.4) is 0 Å². The smallest absolute Gasteiger partial charge is 0.268 e. The molecule has 1 aromatic heterocycles. The van der Waals surface area contributed by atoms with Gasteiger partial charge < -0.3 is 0 Å². The third-order valence-corrected chi connectivity index (χ3v) is 6.66. The Morgan fingerprint density at radius 2 is 2.00 bits per heavy atom. The molecule has 5 heteroatoms. The van der Waals surface area contributed by atoms with Gasteiger partial charge in [-0.1, -0.05) is 38.6 Å². The predicted molar refractivity (Wildman–Crippen MR) is 104 cm³/mol. The maximum Gasteiger partial charge on any atom is 0.272 e. The summed E-state index contributed by atoms with van der Waals surface area (Å²) in [5, 5.41) is 1.68. The third kappa shape index (κ3) is 3.42. The average molecular weight is 361 g/mol. The van der Waals surface area contributed by atoms with Gasteiger partial charge in [0.15, 0.2) is 5.16 Å². The van der Waals surface area contributed by atoms with Crippen LogP contribution in [0.2, 0.25) is 0 Å². The van der Waals surface area contributed by atoms with Crippen molar-refractivity contribution in [1.29, 1.82) is 0 Å². The van der Waals surface area contributed by atoms with E-state index >= 15 is 0 Å². The van der Waals surface area contributed by atoms with E-state index in [2.05, 4.69) is 52.8 Å². The monoisotopic (exact) mass is 360 g/mol. The van der Waals surface area contributed by atoms with Crippen molar-refractivity contribution in [1.82, 2.24) is 9.55 Å². The molecule has 0 spiro atoms. The first-order valence-corrected chi connectivity index (χ1v) is 10.2. The lowest BCUT2D eigenvalue weighted by molar-refractivity contribution is 0.725. The first-order valence-electron chi connectivity index (χ1n) is 8.47. The highest BCUT2D eigenvalue weighted by molar-refractivity contribution is 8.00. The Bertz CT molecular complexity index is 809. The fourth-order valence-corrected chi connectivity index (χ4v) is 5.03. The highest BCUT2D eigenvalue weighted by Crippen LogP contribution is 2.35. The normalized spacial score (nSPS) is 17.8. The Morgan fingerprint density at radius 3 is 2.62 bits per heavy atom. The number of nitrogens with zero attached hydrogens (tertiary/aromatic N) is 2. The van der Waals surface area contributed by atoms with Gasteiger partial charge in [-0.3, -0.25) is 9.36 Å². The van der Waals surface area contributed by atoms with Crippen molar-refractivity contribution in [3.05, 3.63) is 45.4 Å². The van der Waals surface area contributed by atoms with E-state index in [1.807, 2.05) is 4.57 Å². The summed E-state index contributed by atoms with van der Waals surface area (Å²) in [6.07, 6.45) is 1.94. The number of fused-ring (bicyclic) bond motifs is 1. The van der Waals surface area contributed by atoms with Crippen LogP contribution in [0.1, 0.15) is 44.0 Å². The zero-order valence-corrected chi connectivity index (χ0v) is 16.6. The minimum Gasteiger partial charge on any atom is -0.268 e. The molecule has 0 aliphatic carbocycles. The van der Waals surface area contributed by atoms with Crippen molar-refractivity contribution in [2.75, 3.05) is 0 Å². The molecular formula is C19H24N2OS2. The van der Waals surface area contributed by atoms with Crippen LogP contribution in [0.15, 0.2) is 33.0 Å². The summed E-state index contributed by atoms with van der Waals surface area (Å²) >= 11 is 3.36. The van der Waals surface area contributed by atoms with E-state index in [1.54, 1.807) is 23.5 Å². The summed E-state index contributed by atoms with van der Waals surface area (Å²) in [4.78, 5) is 18.9. The SMILES string of the molecule is CC[C@H](C)Sc1nc2c(c(=O)n1-c1cc(C)cc(C)c1)S[C@H](C)C2. The number of benzene rings is 1. The van der Waals surface area contributed by atoms with Crippen molar-refractivity contribution >= 4 is 23.5 Å². The highest BCUT2D eigenvalue weighted by atomic mass is 32.2. The van der Waals surface area contributed by atoms with Gasteiger partial charge in [-0.25, -0.2) is 4.98 Å². The molecule has 1 aromatic carbocycles. The number of aromatic nitrogens is 2. The van der Waals surface area contributed by atoms with Crippen LogP contribution in [-0.2, 0) is 6.42 Å². The lowest BCUT2D eigenvalue weighted by Gasteiger charge is -2.17. The van der Waals surface area contributed by atoms with Gasteiger partial charge in [0.1, 0.15) is 0 Å². The summed E-state index contributed by atoms with van der Waals surface area (Å²) in [6, 6.07) is 6.28. The molecule has 128 valence electrons. The molecule has 0 bridgehead atoms. The number of thioether (sulfide) groups is 2. The molecule has 0 unspecified atom stereocenters. The summed E-state index contributed by atoms with van der Waals surface area (Å²) in [5.41, 5.74) is 4.32. The number of hydrogen-bond donors (Lipinski definition) is 0. The van der Waals surface area contributed by atoms with E-state index in [0.717, 1.165) is 45.4 Å². The molecule has 3 nitrogen and oxygen atoms in total. The van der Waals surface area contributed by atoms with E-state index in [0.29, 0.717) is 10.5 Å². The average Bonchev–Trinajstić information content (AvgIpc) is 2.87. The van der Waals surface area contributed by atoms with Crippen molar-refractivity contribution in [3.8, 4) is 5.69 Å². The van der Waals surface area contributed by atoms with Gasteiger partial charge in [-0.15, -0.1) is 11.8 Å². The van der Waals surface area contributed by atoms with Gasteiger partial charge in [0.25, 0.3) is 5.56 Å². The standard InChI is InChI=1S/C19H24N2OS2/c1-6-13(4)24-19-20-16-10-14(5)23-17(16)18(22)21(19)15-8-11(2)7-12(3)9-15/h7-9,13-14H,6,10H2,1-5H3/t13-,14+/m0/s1. The topological polar surface area (TPSA) is 34.9 Å². The second-order valence-electron chi connectivity index (χ2n) is 6.63. The second-order valence-corrected chi connectivity index (χ2v) is 9.48. The Balaban J connectivity index is 2.22. The molecule has 0 N–H and O–H groups in total. The summed E-state index contributed by atoms with van der Waals surface area (Å²) in [6.45, 7) is 10.7. The predicted octanol–water partition coefficient (Wildman–Crippen LogP) is 4.78. The molecule has 24 heavy (non-hydrogen) atoms. The van der Waals surface area contributed by atoms with Crippen LogP contribution < -0.4 is 5.56 Å². The molecule has 2 heterocycles. The van der Waals surface area contributed by atoms with Crippen LogP contribution >= 0.6 is 23.5 Å². The Kier molecular flexibility index (Phi) is 5.11. The van der Waals surface area contributed by atoms with Crippen molar-refractivity contribution in [2.45, 2.75) is 68.0 Å². The maximum absolute atomic E-state index is 13.2. The first-order chi connectivity index (χ1) is 11.4. The molecule has 3 rings (SSSR count). The Labute approximate surface area is 152 Å². The van der Waals surface area contributed by atoms with Crippen LogP contribution in [0.5, 0.6) is 0 Å². The first kappa shape index (κ1) is 17.6. The number of rotatable bonds is 4. The van der Waals surface area contributed by atoms with Crippen LogP contribution in [0.25, 0.3) is 5.69 Å². The van der Waals surface area contributed by atoms with E-state index < -0.39 is 0 Å². The molecular weight excluding hydrogens is 336 g/mol. The fraction of sp³-hybridized carbons (Fsp3) is 0.474. The molecule has 1 aliphatic heterocycles. The molecule has 0 saturated carbocycles. The fourth-order valence-electron chi connectivity index (χ4n) is 2.95. The zero-order valence-electron chi connectivity index (χ0n) is 14.9. The van der Waals surface area contributed by atoms with Gasteiger partial charge in [0.2, 0.25) is 0 Å². The van der Waals surface area contributed by atoms with E-state index in [-0.39, 0.29) is 5.56 Å². The largest absolute Gasteiger partial charge is 0.272 e. The maximum atomic E-state index is 13.2. The summed E-state index contributed by atoms with van der Waals surface area (Å²) < 4.78 is 1.82. The molecule has 2 atom stereocenters. The third-order valence-electron chi connectivity index (χ3n) is 4.23. The van der Waals surface area contributed by atoms with Crippen molar-refractivity contribution < 1.29 is 0 Å². The van der Waals surface area contributed by atoms with E-state index in [9.17, 15) is 4.79 Å². The van der Waals surface area contributed by atoms with Gasteiger partial charge >= 0.3 is 0 Å². The van der Waals surface area contributed by atoms with Gasteiger partial charge in [-0.2, -0.15) is 0 Å². The van der Waals surface area contributed by atoms with Crippen LogP contribution in [-0.4, -0.2) is 20.1 Å². The molecule has 2 aromatic rings. The van der Waals surface area contributed by atoms with E-state index in [4.69, 9.17) is 4.98 Å². The second kappa shape index (κ2) is 6.96. The van der Waals surface area contributed by atoms with E-state index in [1.165, 1.54) is 0 Å². The molecule has 0 radical (unpaired) electrons. The summed E-state index contributed by atoms with van der Waals surface area (Å²) in [7, 11) is 0. The summed E-state index contributed by atoms with van der Waals surface area (Å²) in [5.74, 6) is 0. The Hall–Kier alpha value is -1.20. The zero-order chi connectivity index (χ0) is 17.4. The lowest BCUT2D eigenvalue weighted by atomic mass is 10.1. The van der Waals surface area contributed by atoms with Crippen molar-refractivity contribution in [3.63, 3.8) is 0 Å². The van der Waals surface area contributed by atoms with Crippen molar-refractivity contribution in [2.24, 2.45) is 0 Å². The number of aryl methyl sites for hydroxylation is 2. The quantitative estimate of drug-likeness (QED) is 0.581. The van der Waals surface area contributed by atoms with Gasteiger partial charge in [-0.05, 0) is 43.5 Å². The number of hydrogen-bond acceptors (Lipinski definition) is 4.